The Morgan fingerprint density at radius 2 is 2.00 bits per heavy atom. The summed E-state index contributed by atoms with van der Waals surface area (Å²) in [5.74, 6) is 1.04. The van der Waals surface area contributed by atoms with Crippen LogP contribution in [0.3, 0.4) is 0 Å². The molecule has 1 aromatic carbocycles. The number of fused-ring (bicyclic) bond motifs is 1. The molecule has 0 saturated carbocycles. The zero-order chi connectivity index (χ0) is 13.8. The minimum Gasteiger partial charge on any atom is -0.357 e. The maximum atomic E-state index is 4.76. The minimum atomic E-state index is 0.445. The maximum absolute atomic E-state index is 4.76. The quantitative estimate of drug-likeness (QED) is 0.891. The average Bonchev–Trinajstić information content (AvgIpc) is 2.43. The van der Waals surface area contributed by atoms with Crippen molar-refractivity contribution < 1.29 is 0 Å². The first-order chi connectivity index (χ1) is 9.13. The van der Waals surface area contributed by atoms with E-state index in [-0.39, 0.29) is 0 Å². The third kappa shape index (κ3) is 3.04. The van der Waals surface area contributed by atoms with Gasteiger partial charge in [-0.1, -0.05) is 25.1 Å². The van der Waals surface area contributed by atoms with Crippen molar-refractivity contribution in [3.63, 3.8) is 0 Å². The number of hydrogen-bond donors (Lipinski definition) is 1. The van der Waals surface area contributed by atoms with Gasteiger partial charge in [0, 0.05) is 25.0 Å². The number of anilines is 1. The second kappa shape index (κ2) is 6.02. The van der Waals surface area contributed by atoms with Crippen molar-refractivity contribution in [1.82, 2.24) is 10.3 Å². The van der Waals surface area contributed by atoms with Crippen LogP contribution < -0.4 is 10.2 Å². The monoisotopic (exact) mass is 257 g/mol. The van der Waals surface area contributed by atoms with Crippen LogP contribution >= 0.6 is 0 Å². The van der Waals surface area contributed by atoms with Crippen LogP contribution in [0.25, 0.3) is 10.9 Å². The summed E-state index contributed by atoms with van der Waals surface area (Å²) in [6.45, 7) is 8.36. The van der Waals surface area contributed by atoms with Crippen LogP contribution in [0.5, 0.6) is 0 Å². The maximum Gasteiger partial charge on any atom is 0.129 e. The lowest BCUT2D eigenvalue weighted by atomic mass is 10.1. The third-order valence-corrected chi connectivity index (χ3v) is 3.49. The molecule has 0 aliphatic heterocycles. The molecule has 2 rings (SSSR count). The number of nitrogens with zero attached hydrogens (tertiary/aromatic N) is 2. The fourth-order valence-electron chi connectivity index (χ4n) is 2.08. The summed E-state index contributed by atoms with van der Waals surface area (Å²) in [4.78, 5) is 6.97. The standard InChI is InChI=1S/C16H23N3/c1-5-17-11-13-10-16(19(4)12(2)3)18-15-9-7-6-8-14(13)15/h6-10,12,17H,5,11H2,1-4H3. The van der Waals surface area contributed by atoms with Crippen molar-refractivity contribution in [2.75, 3.05) is 18.5 Å². The summed E-state index contributed by atoms with van der Waals surface area (Å²) < 4.78 is 0. The van der Waals surface area contributed by atoms with Crippen molar-refractivity contribution in [3.05, 3.63) is 35.9 Å². The third-order valence-electron chi connectivity index (χ3n) is 3.49. The largest absolute Gasteiger partial charge is 0.357 e. The lowest BCUT2D eigenvalue weighted by Gasteiger charge is -2.24. The lowest BCUT2D eigenvalue weighted by Crippen LogP contribution is -2.27. The SMILES string of the molecule is CCNCc1cc(N(C)C(C)C)nc2ccccc12. The van der Waals surface area contributed by atoms with E-state index in [1.165, 1.54) is 10.9 Å². The molecule has 3 nitrogen and oxygen atoms in total. The molecule has 0 aliphatic rings. The Labute approximate surface area is 115 Å². The molecule has 0 spiro atoms. The predicted octanol–water partition coefficient (Wildman–Crippen LogP) is 3.19. The average molecular weight is 257 g/mol. The van der Waals surface area contributed by atoms with Gasteiger partial charge in [-0.15, -0.1) is 0 Å². The highest BCUT2D eigenvalue weighted by molar-refractivity contribution is 5.84. The van der Waals surface area contributed by atoms with Crippen LogP contribution in [0.1, 0.15) is 26.3 Å². The molecule has 0 fully saturated rings. The highest BCUT2D eigenvalue weighted by Gasteiger charge is 2.10. The second-order valence-electron chi connectivity index (χ2n) is 5.14. The van der Waals surface area contributed by atoms with Gasteiger partial charge in [-0.3, -0.25) is 0 Å². The summed E-state index contributed by atoms with van der Waals surface area (Å²) >= 11 is 0. The Morgan fingerprint density at radius 1 is 1.26 bits per heavy atom. The summed E-state index contributed by atoms with van der Waals surface area (Å²) in [7, 11) is 2.10. The molecule has 2 aromatic rings. The van der Waals surface area contributed by atoms with Gasteiger partial charge >= 0.3 is 0 Å². The van der Waals surface area contributed by atoms with Crippen molar-refractivity contribution >= 4 is 16.7 Å². The van der Waals surface area contributed by atoms with E-state index < -0.39 is 0 Å². The van der Waals surface area contributed by atoms with Crippen LogP contribution in [-0.4, -0.2) is 24.6 Å². The van der Waals surface area contributed by atoms with Gasteiger partial charge in [-0.2, -0.15) is 0 Å². The van der Waals surface area contributed by atoms with Gasteiger partial charge in [0.1, 0.15) is 5.82 Å². The Balaban J connectivity index is 2.49. The van der Waals surface area contributed by atoms with Crippen molar-refractivity contribution in [3.8, 4) is 0 Å². The summed E-state index contributed by atoms with van der Waals surface area (Å²) in [6.07, 6.45) is 0. The topological polar surface area (TPSA) is 28.2 Å². The predicted molar refractivity (Wildman–Crippen MR) is 82.7 cm³/mol. The molecule has 1 N–H and O–H groups in total. The van der Waals surface area contributed by atoms with E-state index >= 15 is 0 Å². The summed E-state index contributed by atoms with van der Waals surface area (Å²) in [6, 6.07) is 11.0. The lowest BCUT2D eigenvalue weighted by molar-refractivity contribution is 0.723. The molecule has 0 saturated heterocycles. The molecule has 3 heteroatoms. The van der Waals surface area contributed by atoms with E-state index in [4.69, 9.17) is 4.98 Å². The van der Waals surface area contributed by atoms with Crippen LogP contribution in [0.15, 0.2) is 30.3 Å². The molecule has 1 heterocycles. The normalized spacial score (nSPS) is 11.2. The van der Waals surface area contributed by atoms with Crippen LogP contribution in [-0.2, 0) is 6.54 Å². The van der Waals surface area contributed by atoms with Crippen molar-refractivity contribution in [1.29, 1.82) is 0 Å². The molecular formula is C16H23N3. The van der Waals surface area contributed by atoms with Crippen LogP contribution in [0.2, 0.25) is 0 Å². The number of hydrogen-bond acceptors (Lipinski definition) is 3. The van der Waals surface area contributed by atoms with Crippen molar-refractivity contribution in [2.45, 2.75) is 33.4 Å². The van der Waals surface area contributed by atoms with E-state index in [0.717, 1.165) is 24.4 Å². The van der Waals surface area contributed by atoms with E-state index in [9.17, 15) is 0 Å². The van der Waals surface area contributed by atoms with Gasteiger partial charge < -0.3 is 10.2 Å². The van der Waals surface area contributed by atoms with E-state index in [1.54, 1.807) is 0 Å². The first-order valence-corrected chi connectivity index (χ1v) is 6.95. The van der Waals surface area contributed by atoms with Crippen molar-refractivity contribution in [2.24, 2.45) is 0 Å². The van der Waals surface area contributed by atoms with Gasteiger partial charge in [0.15, 0.2) is 0 Å². The molecular weight excluding hydrogens is 234 g/mol. The van der Waals surface area contributed by atoms with Gasteiger partial charge in [-0.05, 0) is 38.1 Å². The van der Waals surface area contributed by atoms with Gasteiger partial charge in [0.25, 0.3) is 0 Å². The van der Waals surface area contributed by atoms with Crippen LogP contribution in [0.4, 0.5) is 5.82 Å². The van der Waals surface area contributed by atoms with Gasteiger partial charge in [0.2, 0.25) is 0 Å². The highest BCUT2D eigenvalue weighted by Crippen LogP contribution is 2.23. The number of para-hydroxylation sites is 1. The number of nitrogens with one attached hydrogen (secondary N) is 1. The Bertz CT molecular complexity index is 549. The molecule has 19 heavy (non-hydrogen) atoms. The zero-order valence-corrected chi connectivity index (χ0v) is 12.3. The van der Waals surface area contributed by atoms with E-state index in [2.05, 4.69) is 62.3 Å². The summed E-state index contributed by atoms with van der Waals surface area (Å²) in [5.41, 5.74) is 2.38. The molecule has 0 unspecified atom stereocenters. The summed E-state index contributed by atoms with van der Waals surface area (Å²) in [5, 5.41) is 4.65. The molecule has 102 valence electrons. The molecule has 0 atom stereocenters. The fourth-order valence-corrected chi connectivity index (χ4v) is 2.08. The number of pyridine rings is 1. The number of aromatic nitrogens is 1. The zero-order valence-electron chi connectivity index (χ0n) is 12.3. The molecule has 0 aliphatic carbocycles. The molecule has 0 bridgehead atoms. The first-order valence-electron chi connectivity index (χ1n) is 6.95. The van der Waals surface area contributed by atoms with E-state index in [0.29, 0.717) is 6.04 Å². The first kappa shape index (κ1) is 13.8. The highest BCUT2D eigenvalue weighted by atomic mass is 15.2. The number of benzene rings is 1. The van der Waals surface area contributed by atoms with Gasteiger partial charge in [-0.25, -0.2) is 4.98 Å². The minimum absolute atomic E-state index is 0.445. The molecule has 1 aromatic heterocycles. The smallest absolute Gasteiger partial charge is 0.129 e. The van der Waals surface area contributed by atoms with E-state index in [1.807, 2.05) is 6.07 Å². The fraction of sp³-hybridized carbons (Fsp3) is 0.438. The Morgan fingerprint density at radius 3 is 2.68 bits per heavy atom. The molecule has 0 amide bonds. The Hall–Kier alpha value is -1.61. The molecule has 0 radical (unpaired) electrons. The number of rotatable bonds is 5. The Kier molecular flexibility index (Phi) is 4.38. The second-order valence-corrected chi connectivity index (χ2v) is 5.14. The van der Waals surface area contributed by atoms with Crippen LogP contribution in [0, 0.1) is 0 Å². The van der Waals surface area contributed by atoms with Gasteiger partial charge in [0.05, 0.1) is 5.52 Å².